The van der Waals surface area contributed by atoms with Crippen LogP contribution in [-0.2, 0) is 0 Å². The third-order valence-corrected chi connectivity index (χ3v) is 5.69. The number of fused-ring (bicyclic) bond motifs is 1. The largest absolute Gasteiger partial charge is 0.329 e. The molecule has 2 fully saturated rings. The molecule has 116 valence electrons. The van der Waals surface area contributed by atoms with E-state index >= 15 is 0 Å². The van der Waals surface area contributed by atoms with Crippen LogP contribution in [0, 0.1) is 11.8 Å². The van der Waals surface area contributed by atoms with E-state index in [1.54, 1.807) is 6.07 Å². The summed E-state index contributed by atoms with van der Waals surface area (Å²) in [4.78, 5) is 2.55. The average Bonchev–Trinajstić information content (AvgIpc) is 2.47. The molecule has 1 aromatic carbocycles. The van der Waals surface area contributed by atoms with E-state index in [0.29, 0.717) is 16.6 Å². The second-order valence-corrected chi connectivity index (χ2v) is 7.42. The maximum absolute atomic E-state index is 6.16. The van der Waals surface area contributed by atoms with Crippen molar-refractivity contribution in [3.05, 3.63) is 33.8 Å². The molecule has 1 saturated carbocycles. The van der Waals surface area contributed by atoms with E-state index in [4.69, 9.17) is 28.9 Å². The van der Waals surface area contributed by atoms with Gasteiger partial charge in [-0.25, -0.2) is 0 Å². The molecule has 1 saturated heterocycles. The molecule has 1 heterocycles. The molecule has 3 unspecified atom stereocenters. The molecule has 0 amide bonds. The van der Waals surface area contributed by atoms with Crippen molar-refractivity contribution < 1.29 is 0 Å². The van der Waals surface area contributed by atoms with Gasteiger partial charge in [0.05, 0.1) is 0 Å². The summed E-state index contributed by atoms with van der Waals surface area (Å²) in [5.41, 5.74) is 7.23. The van der Waals surface area contributed by atoms with E-state index in [1.165, 1.54) is 38.6 Å². The Labute approximate surface area is 137 Å². The van der Waals surface area contributed by atoms with Crippen molar-refractivity contribution >= 4 is 23.2 Å². The van der Waals surface area contributed by atoms with Gasteiger partial charge in [-0.1, -0.05) is 42.5 Å². The second kappa shape index (κ2) is 6.87. The van der Waals surface area contributed by atoms with Crippen LogP contribution in [0.3, 0.4) is 0 Å². The lowest BCUT2D eigenvalue weighted by molar-refractivity contribution is 0.0586. The van der Waals surface area contributed by atoms with E-state index < -0.39 is 0 Å². The van der Waals surface area contributed by atoms with Gasteiger partial charge < -0.3 is 5.73 Å². The van der Waals surface area contributed by atoms with Crippen LogP contribution < -0.4 is 5.73 Å². The highest BCUT2D eigenvalue weighted by molar-refractivity contribution is 6.34. The Morgan fingerprint density at radius 3 is 2.38 bits per heavy atom. The predicted molar refractivity (Wildman–Crippen MR) is 89.9 cm³/mol. The number of likely N-dealkylation sites (tertiary alicyclic amines) is 1. The Bertz CT molecular complexity index is 471. The molecule has 1 aliphatic carbocycles. The maximum atomic E-state index is 6.16. The van der Waals surface area contributed by atoms with Gasteiger partial charge in [-0.2, -0.15) is 0 Å². The van der Waals surface area contributed by atoms with Crippen LogP contribution in [-0.4, -0.2) is 24.5 Å². The number of hydrogen-bond donors (Lipinski definition) is 1. The molecule has 3 rings (SSSR count). The zero-order valence-electron chi connectivity index (χ0n) is 12.4. The zero-order chi connectivity index (χ0) is 14.8. The fourth-order valence-corrected chi connectivity index (χ4v) is 4.72. The summed E-state index contributed by atoms with van der Waals surface area (Å²) in [7, 11) is 0. The first-order valence-corrected chi connectivity index (χ1v) is 8.83. The lowest BCUT2D eigenvalue weighted by atomic mass is 9.74. The van der Waals surface area contributed by atoms with Crippen LogP contribution in [0.4, 0.5) is 0 Å². The third-order valence-electron chi connectivity index (χ3n) is 5.26. The standard InChI is InChI=1S/C17H24Cl2N2/c18-15-7-14(8-16(19)9-15)17(10-20)21-6-5-12-3-1-2-4-13(12)11-21/h7-9,12-13,17H,1-6,10-11,20H2. The minimum absolute atomic E-state index is 0.240. The molecule has 2 nitrogen and oxygen atoms in total. The van der Waals surface area contributed by atoms with E-state index in [0.717, 1.165) is 23.9 Å². The Morgan fingerprint density at radius 2 is 1.71 bits per heavy atom. The summed E-state index contributed by atoms with van der Waals surface area (Å²) < 4.78 is 0. The fourth-order valence-electron chi connectivity index (χ4n) is 4.18. The monoisotopic (exact) mass is 326 g/mol. The van der Waals surface area contributed by atoms with Gasteiger partial charge in [-0.3, -0.25) is 4.90 Å². The number of benzene rings is 1. The van der Waals surface area contributed by atoms with Crippen molar-refractivity contribution in [3.63, 3.8) is 0 Å². The Morgan fingerprint density at radius 1 is 1.05 bits per heavy atom. The quantitative estimate of drug-likeness (QED) is 0.885. The van der Waals surface area contributed by atoms with Gasteiger partial charge in [0.2, 0.25) is 0 Å². The third kappa shape index (κ3) is 3.56. The van der Waals surface area contributed by atoms with Crippen molar-refractivity contribution in [1.82, 2.24) is 4.90 Å². The van der Waals surface area contributed by atoms with Crippen molar-refractivity contribution in [2.45, 2.75) is 38.1 Å². The minimum atomic E-state index is 0.240. The number of hydrogen-bond acceptors (Lipinski definition) is 2. The first-order valence-electron chi connectivity index (χ1n) is 8.07. The highest BCUT2D eigenvalue weighted by Crippen LogP contribution is 2.39. The van der Waals surface area contributed by atoms with Crippen LogP contribution in [0.5, 0.6) is 0 Å². The lowest BCUT2D eigenvalue weighted by Gasteiger charge is -2.44. The van der Waals surface area contributed by atoms with Crippen molar-refractivity contribution in [2.75, 3.05) is 19.6 Å². The van der Waals surface area contributed by atoms with E-state index in [-0.39, 0.29) is 6.04 Å². The van der Waals surface area contributed by atoms with Crippen LogP contribution >= 0.6 is 23.2 Å². The molecule has 0 radical (unpaired) electrons. The number of piperidine rings is 1. The zero-order valence-corrected chi connectivity index (χ0v) is 13.9. The van der Waals surface area contributed by atoms with Gasteiger partial charge >= 0.3 is 0 Å². The van der Waals surface area contributed by atoms with Crippen molar-refractivity contribution in [3.8, 4) is 0 Å². The van der Waals surface area contributed by atoms with Crippen LogP contribution in [0.15, 0.2) is 18.2 Å². The minimum Gasteiger partial charge on any atom is -0.329 e. The second-order valence-electron chi connectivity index (χ2n) is 6.54. The summed E-state index contributed by atoms with van der Waals surface area (Å²) in [6, 6.07) is 6.05. The molecule has 0 aromatic heterocycles. The normalized spacial score (nSPS) is 28.1. The van der Waals surface area contributed by atoms with Gasteiger partial charge in [0.1, 0.15) is 0 Å². The van der Waals surface area contributed by atoms with Crippen LogP contribution in [0.1, 0.15) is 43.7 Å². The Balaban J connectivity index is 1.76. The van der Waals surface area contributed by atoms with E-state index in [2.05, 4.69) is 4.90 Å². The molecule has 0 spiro atoms. The predicted octanol–water partition coefficient (Wildman–Crippen LogP) is 4.51. The summed E-state index contributed by atoms with van der Waals surface area (Å²) in [5, 5.41) is 1.40. The van der Waals surface area contributed by atoms with Crippen molar-refractivity contribution in [1.29, 1.82) is 0 Å². The number of rotatable bonds is 3. The molecular weight excluding hydrogens is 303 g/mol. The molecule has 1 aliphatic heterocycles. The van der Waals surface area contributed by atoms with Gasteiger partial charge in [-0.05, 0) is 55.0 Å². The lowest BCUT2D eigenvalue weighted by Crippen LogP contribution is -2.45. The fraction of sp³-hybridized carbons (Fsp3) is 0.647. The summed E-state index contributed by atoms with van der Waals surface area (Å²) in [5.74, 6) is 1.80. The number of halogens is 2. The Hall–Kier alpha value is -0.280. The average molecular weight is 327 g/mol. The van der Waals surface area contributed by atoms with Gasteiger partial charge in [0.25, 0.3) is 0 Å². The molecule has 1 aromatic rings. The molecule has 0 bridgehead atoms. The first-order chi connectivity index (χ1) is 10.2. The number of nitrogens with two attached hydrogens (primary N) is 1. The van der Waals surface area contributed by atoms with Gasteiger partial charge in [0, 0.05) is 29.2 Å². The van der Waals surface area contributed by atoms with Gasteiger partial charge in [-0.15, -0.1) is 0 Å². The molecule has 2 aliphatic rings. The van der Waals surface area contributed by atoms with Crippen molar-refractivity contribution in [2.24, 2.45) is 17.6 Å². The molecule has 21 heavy (non-hydrogen) atoms. The molecule has 4 heteroatoms. The Kier molecular flexibility index (Phi) is 5.11. The highest BCUT2D eigenvalue weighted by Gasteiger charge is 2.33. The summed E-state index contributed by atoms with van der Waals surface area (Å²) >= 11 is 12.3. The first kappa shape index (κ1) is 15.6. The summed E-state index contributed by atoms with van der Waals surface area (Å²) in [6.07, 6.45) is 6.94. The smallest absolute Gasteiger partial charge is 0.0471 e. The molecular formula is C17H24Cl2N2. The van der Waals surface area contributed by atoms with Crippen LogP contribution in [0.2, 0.25) is 10.0 Å². The van der Waals surface area contributed by atoms with Gasteiger partial charge in [0.15, 0.2) is 0 Å². The van der Waals surface area contributed by atoms with Crippen LogP contribution in [0.25, 0.3) is 0 Å². The van der Waals surface area contributed by atoms with E-state index in [1.807, 2.05) is 12.1 Å². The topological polar surface area (TPSA) is 29.3 Å². The maximum Gasteiger partial charge on any atom is 0.0471 e. The SMILES string of the molecule is NCC(c1cc(Cl)cc(Cl)c1)N1CCC2CCCCC2C1. The number of nitrogens with zero attached hydrogens (tertiary/aromatic N) is 1. The summed E-state index contributed by atoms with van der Waals surface area (Å²) in [6.45, 7) is 2.94. The highest BCUT2D eigenvalue weighted by atomic mass is 35.5. The molecule has 3 atom stereocenters. The van der Waals surface area contributed by atoms with E-state index in [9.17, 15) is 0 Å². The molecule has 2 N–H and O–H groups in total.